The molecule has 274 valence electrons. The lowest BCUT2D eigenvalue weighted by Crippen LogP contribution is -2.61. The van der Waals surface area contributed by atoms with Gasteiger partial charge < -0.3 is 54.1 Å². The van der Waals surface area contributed by atoms with E-state index in [0.29, 0.717) is 13.0 Å². The first kappa shape index (κ1) is 40.0. The summed E-state index contributed by atoms with van der Waals surface area (Å²) >= 11 is 0. The molecule has 4 N–H and O–H groups in total. The van der Waals surface area contributed by atoms with Crippen molar-refractivity contribution < 1.29 is 48.6 Å². The number of methoxy groups -OCH3 is 1. The van der Waals surface area contributed by atoms with E-state index in [2.05, 4.69) is 17.1 Å². The molecule has 0 aromatic heterocycles. The molecule has 3 aliphatic rings. The third-order valence-corrected chi connectivity index (χ3v) is 10.5. The monoisotopic (exact) mass is 673 g/mol. The number of aliphatic hydroxyl groups is 3. The van der Waals surface area contributed by atoms with Gasteiger partial charge in [-0.3, -0.25) is 9.59 Å². The van der Waals surface area contributed by atoms with E-state index in [1.807, 2.05) is 27.8 Å². The molecule has 4 unspecified atom stereocenters. The third-order valence-electron chi connectivity index (χ3n) is 10.5. The zero-order valence-electron chi connectivity index (χ0n) is 30.5. The lowest BCUT2D eigenvalue weighted by Gasteiger charge is -2.49. The van der Waals surface area contributed by atoms with Gasteiger partial charge in [-0.2, -0.15) is 0 Å². The zero-order chi connectivity index (χ0) is 35.4. The van der Waals surface area contributed by atoms with Crippen molar-refractivity contribution in [2.24, 2.45) is 17.8 Å². The third kappa shape index (κ3) is 9.64. The smallest absolute Gasteiger partial charge is 0.241 e. The van der Waals surface area contributed by atoms with Crippen LogP contribution in [0.4, 0.5) is 0 Å². The number of likely N-dealkylation sites (N-methyl/N-ethyl adjacent to an activating group) is 2. The van der Waals surface area contributed by atoms with Crippen molar-refractivity contribution in [3.05, 3.63) is 0 Å². The van der Waals surface area contributed by atoms with Gasteiger partial charge in [-0.15, -0.1) is 0 Å². The molecule has 0 aliphatic carbocycles. The molecule has 3 aliphatic heterocycles. The van der Waals surface area contributed by atoms with E-state index >= 15 is 0 Å². The number of carbonyl (C=O) groups excluding carboxylic acids is 2. The molecule has 0 bridgehead atoms. The average Bonchev–Trinajstić information content (AvgIpc) is 2.99. The number of amides is 2. The Morgan fingerprint density at radius 3 is 2.34 bits per heavy atom. The Hall–Kier alpha value is -1.42. The van der Waals surface area contributed by atoms with Gasteiger partial charge in [0, 0.05) is 39.1 Å². The van der Waals surface area contributed by atoms with E-state index in [9.17, 15) is 24.9 Å². The van der Waals surface area contributed by atoms with Gasteiger partial charge >= 0.3 is 0 Å². The summed E-state index contributed by atoms with van der Waals surface area (Å²) < 4.78 is 31.3. The minimum Gasteiger partial charge on any atom is -0.387 e. The van der Waals surface area contributed by atoms with Crippen molar-refractivity contribution in [3.8, 4) is 0 Å². The highest BCUT2D eigenvalue weighted by molar-refractivity contribution is 5.85. The van der Waals surface area contributed by atoms with Crippen LogP contribution in [0, 0.1) is 17.8 Å². The van der Waals surface area contributed by atoms with Crippen LogP contribution in [0.3, 0.4) is 0 Å². The normalized spacial score (nSPS) is 44.8. The summed E-state index contributed by atoms with van der Waals surface area (Å²) in [6, 6.07) is -0.218. The number of aliphatic hydroxyl groups excluding tert-OH is 2. The van der Waals surface area contributed by atoms with Gasteiger partial charge in [0.25, 0.3) is 0 Å². The number of hydrogen-bond donors (Lipinski definition) is 4. The molecule has 13 heteroatoms. The molecule has 0 aromatic rings. The van der Waals surface area contributed by atoms with Crippen LogP contribution in [-0.4, -0.2) is 144 Å². The maximum Gasteiger partial charge on any atom is 0.241 e. The second kappa shape index (κ2) is 16.5. The predicted octanol–water partition coefficient (Wildman–Crippen LogP) is 1.50. The number of nitrogens with one attached hydrogen (secondary N) is 1. The van der Waals surface area contributed by atoms with Gasteiger partial charge in [0.15, 0.2) is 12.6 Å². The van der Waals surface area contributed by atoms with Crippen molar-refractivity contribution in [2.75, 3.05) is 40.8 Å². The van der Waals surface area contributed by atoms with Crippen LogP contribution in [0.15, 0.2) is 0 Å². The Morgan fingerprint density at radius 1 is 1.06 bits per heavy atom. The second-order valence-electron chi connectivity index (χ2n) is 15.0. The first-order valence-corrected chi connectivity index (χ1v) is 17.3. The summed E-state index contributed by atoms with van der Waals surface area (Å²) in [7, 11) is 5.17. The van der Waals surface area contributed by atoms with Gasteiger partial charge in [-0.25, -0.2) is 0 Å². The minimum absolute atomic E-state index is 0.142. The molecule has 47 heavy (non-hydrogen) atoms. The fourth-order valence-electron chi connectivity index (χ4n) is 7.78. The van der Waals surface area contributed by atoms with E-state index in [1.54, 1.807) is 39.6 Å². The quantitative estimate of drug-likeness (QED) is 0.296. The number of carbonyl (C=O) groups is 2. The van der Waals surface area contributed by atoms with E-state index in [4.69, 9.17) is 23.7 Å². The van der Waals surface area contributed by atoms with E-state index in [0.717, 1.165) is 13.0 Å². The molecular weight excluding hydrogens is 610 g/mol. The van der Waals surface area contributed by atoms with Crippen LogP contribution in [0.1, 0.15) is 81.1 Å². The summed E-state index contributed by atoms with van der Waals surface area (Å²) in [6.07, 6.45) is -4.55. The Kier molecular flexibility index (Phi) is 14.1. The Bertz CT molecular complexity index is 1030. The van der Waals surface area contributed by atoms with Crippen molar-refractivity contribution in [2.45, 2.75) is 148 Å². The van der Waals surface area contributed by atoms with Crippen LogP contribution < -0.4 is 5.32 Å². The molecule has 3 fully saturated rings. The van der Waals surface area contributed by atoms with E-state index in [1.165, 1.54) is 7.11 Å². The topological polar surface area (TPSA) is 159 Å². The average molecular weight is 674 g/mol. The van der Waals surface area contributed by atoms with Gasteiger partial charge in [-0.1, -0.05) is 27.7 Å². The first-order valence-electron chi connectivity index (χ1n) is 17.3. The van der Waals surface area contributed by atoms with Crippen LogP contribution in [0.25, 0.3) is 0 Å². The summed E-state index contributed by atoms with van der Waals surface area (Å²) in [5.74, 6) is -2.26. The van der Waals surface area contributed by atoms with Gasteiger partial charge in [0.2, 0.25) is 11.8 Å². The standard InChI is InChI=1S/C34H63N3O10/c1-12-13-36(9)24-14-20(3)44-32(27(24)39)47-30-21(4)28(46-26-16-34(8,43-11)29(40)23(6)45-26)22(5)31(41)35-17-25(38)37(10)18-19(2)15-33(30,7)42/h19-24,26-30,32,39-40,42H,12-18H2,1-11H3,(H,35,41)/t19-,20-,21?,22-,23+,24?,26?,27-,28+,29+,30-,32?,33-,34-/m1/s1. The molecule has 0 spiro atoms. The molecule has 0 aromatic carbocycles. The van der Waals surface area contributed by atoms with Crippen molar-refractivity contribution in [1.82, 2.24) is 15.1 Å². The molecule has 13 nitrogen and oxygen atoms in total. The zero-order valence-corrected chi connectivity index (χ0v) is 30.5. The van der Waals surface area contributed by atoms with Crippen molar-refractivity contribution >= 4 is 11.8 Å². The highest BCUT2D eigenvalue weighted by Crippen LogP contribution is 2.39. The Balaban J connectivity index is 2.06. The van der Waals surface area contributed by atoms with Crippen LogP contribution in [-0.2, 0) is 33.3 Å². The van der Waals surface area contributed by atoms with Crippen molar-refractivity contribution in [3.63, 3.8) is 0 Å². The second-order valence-corrected chi connectivity index (χ2v) is 15.0. The first-order chi connectivity index (χ1) is 21.8. The molecule has 0 radical (unpaired) electrons. The summed E-state index contributed by atoms with van der Waals surface area (Å²) in [4.78, 5) is 30.2. The fourth-order valence-corrected chi connectivity index (χ4v) is 7.78. The number of hydrogen-bond acceptors (Lipinski definition) is 11. The number of ether oxygens (including phenoxy) is 5. The van der Waals surface area contributed by atoms with Crippen LogP contribution in [0.2, 0.25) is 0 Å². The molecule has 2 amide bonds. The number of nitrogens with zero attached hydrogens (tertiary/aromatic N) is 2. The van der Waals surface area contributed by atoms with E-state index in [-0.39, 0.29) is 43.4 Å². The molecular formula is C34H63N3O10. The van der Waals surface area contributed by atoms with Crippen LogP contribution >= 0.6 is 0 Å². The van der Waals surface area contributed by atoms with Gasteiger partial charge in [0.05, 0.1) is 48.1 Å². The predicted molar refractivity (Wildman–Crippen MR) is 175 cm³/mol. The molecule has 3 heterocycles. The number of rotatable bonds is 8. The summed E-state index contributed by atoms with van der Waals surface area (Å²) in [5.41, 5.74) is -2.47. The maximum atomic E-state index is 13.6. The van der Waals surface area contributed by atoms with Gasteiger partial charge in [-0.05, 0) is 66.5 Å². The molecule has 14 atom stereocenters. The molecule has 3 rings (SSSR count). The van der Waals surface area contributed by atoms with E-state index < -0.39 is 72.0 Å². The fraction of sp³-hybridized carbons (Fsp3) is 0.941. The highest BCUT2D eigenvalue weighted by atomic mass is 16.7. The SMILES string of the molecule is CCCN(C)C1C[C@@H](C)OC(O[C@@H]2C(C)[C@H](OC3C[C@@](C)(OC)[C@@H](O)[C@H](C)O3)[C@@H](C)C(=O)NCC(=O)N(C)C[C@H](C)C[C@@]2(C)O)[C@@H]1O. The highest BCUT2D eigenvalue weighted by Gasteiger charge is 2.51. The summed E-state index contributed by atoms with van der Waals surface area (Å²) in [5, 5.41) is 37.4. The lowest BCUT2D eigenvalue weighted by molar-refractivity contribution is -0.317. The van der Waals surface area contributed by atoms with Crippen LogP contribution in [0.5, 0.6) is 0 Å². The molecule has 0 saturated carbocycles. The Morgan fingerprint density at radius 2 is 1.72 bits per heavy atom. The Labute approximate surface area is 281 Å². The minimum atomic E-state index is -1.50. The van der Waals surface area contributed by atoms with Gasteiger partial charge in [0.1, 0.15) is 12.2 Å². The summed E-state index contributed by atoms with van der Waals surface area (Å²) in [6.45, 7) is 15.7. The van der Waals surface area contributed by atoms with Crippen molar-refractivity contribution in [1.29, 1.82) is 0 Å². The largest absolute Gasteiger partial charge is 0.387 e. The molecule has 3 saturated heterocycles. The lowest BCUT2D eigenvalue weighted by atomic mass is 9.77. The maximum absolute atomic E-state index is 13.6.